The third kappa shape index (κ3) is 5.32. The number of anilines is 1. The fraction of sp³-hybridized carbons (Fsp3) is 0.292. The van der Waals surface area contributed by atoms with Crippen molar-refractivity contribution in [3.63, 3.8) is 0 Å². The summed E-state index contributed by atoms with van der Waals surface area (Å²) >= 11 is 16.0. The number of aromatic nitrogens is 4. The second kappa shape index (κ2) is 9.97. The highest BCUT2D eigenvalue weighted by Crippen LogP contribution is 2.31. The minimum Gasteiger partial charge on any atom is -0.366 e. The fourth-order valence-corrected chi connectivity index (χ4v) is 5.31. The average Bonchev–Trinajstić information content (AvgIpc) is 3.18. The van der Waals surface area contributed by atoms with E-state index in [1.165, 1.54) is 0 Å². The molecule has 5 rings (SSSR count). The van der Waals surface area contributed by atoms with Crippen molar-refractivity contribution in [1.82, 2.24) is 24.5 Å². The molecule has 1 unspecified atom stereocenters. The normalized spacial score (nSPS) is 16.9. The van der Waals surface area contributed by atoms with Gasteiger partial charge in [-0.05, 0) is 70.7 Å². The number of hydrogen-bond donors (Lipinski definition) is 1. The van der Waals surface area contributed by atoms with E-state index < -0.39 is 0 Å². The highest BCUT2D eigenvalue weighted by molar-refractivity contribution is 9.10. The molecule has 1 fully saturated rings. The lowest BCUT2D eigenvalue weighted by Gasteiger charge is -2.32. The Morgan fingerprint density at radius 1 is 1.09 bits per heavy atom. The van der Waals surface area contributed by atoms with Gasteiger partial charge in [-0.25, -0.2) is 4.98 Å². The quantitative estimate of drug-likeness (QED) is 0.313. The number of piperidine rings is 1. The largest absolute Gasteiger partial charge is 0.366 e. The smallest absolute Gasteiger partial charge is 0.171 e. The minimum atomic E-state index is 0.333. The number of fused-ring (bicyclic) bond motifs is 1. The van der Waals surface area contributed by atoms with Gasteiger partial charge in [-0.2, -0.15) is 9.61 Å². The third-order valence-electron chi connectivity index (χ3n) is 5.90. The Kier molecular flexibility index (Phi) is 6.83. The molecule has 1 N–H and O–H groups in total. The fourth-order valence-electron chi connectivity index (χ4n) is 4.39. The maximum atomic E-state index is 6.21. The zero-order chi connectivity index (χ0) is 22.8. The Morgan fingerprint density at radius 3 is 2.73 bits per heavy atom. The Balaban J connectivity index is 1.38. The van der Waals surface area contributed by atoms with E-state index in [1.807, 2.05) is 28.9 Å². The van der Waals surface area contributed by atoms with Gasteiger partial charge in [0, 0.05) is 54.1 Å². The van der Waals surface area contributed by atoms with Gasteiger partial charge < -0.3 is 5.32 Å². The molecule has 9 heteroatoms. The van der Waals surface area contributed by atoms with Crippen molar-refractivity contribution in [2.75, 3.05) is 18.4 Å². The molecule has 4 aromatic rings. The van der Waals surface area contributed by atoms with Crippen molar-refractivity contribution in [1.29, 1.82) is 0 Å². The number of pyridine rings is 1. The molecule has 1 aliphatic rings. The van der Waals surface area contributed by atoms with E-state index in [-0.39, 0.29) is 0 Å². The van der Waals surface area contributed by atoms with E-state index >= 15 is 0 Å². The van der Waals surface area contributed by atoms with Crippen LogP contribution in [0.15, 0.2) is 59.5 Å². The first kappa shape index (κ1) is 22.6. The van der Waals surface area contributed by atoms with Crippen molar-refractivity contribution in [3.8, 4) is 0 Å². The van der Waals surface area contributed by atoms with E-state index in [1.54, 1.807) is 18.5 Å². The first-order valence-corrected chi connectivity index (χ1v) is 12.4. The molecule has 3 aromatic heterocycles. The van der Waals surface area contributed by atoms with E-state index in [0.29, 0.717) is 22.5 Å². The molecular weight excluding hydrogens is 523 g/mol. The molecule has 33 heavy (non-hydrogen) atoms. The Bertz CT molecular complexity index is 1240. The van der Waals surface area contributed by atoms with Crippen LogP contribution in [0.4, 0.5) is 5.82 Å². The molecule has 1 atom stereocenters. The summed E-state index contributed by atoms with van der Waals surface area (Å²) in [5.74, 6) is 1.25. The van der Waals surface area contributed by atoms with Gasteiger partial charge in [0.15, 0.2) is 5.65 Å². The summed E-state index contributed by atoms with van der Waals surface area (Å²) in [6.07, 6.45) is 7.65. The predicted molar refractivity (Wildman–Crippen MR) is 136 cm³/mol. The number of likely N-dealkylation sites (tertiary alicyclic amines) is 1. The van der Waals surface area contributed by atoms with Crippen LogP contribution in [0.2, 0.25) is 10.0 Å². The van der Waals surface area contributed by atoms with Gasteiger partial charge in [0.05, 0.1) is 16.4 Å². The molecule has 1 saturated heterocycles. The molecule has 1 aromatic carbocycles. The molecule has 4 heterocycles. The van der Waals surface area contributed by atoms with Crippen LogP contribution in [-0.4, -0.2) is 37.6 Å². The highest BCUT2D eigenvalue weighted by atomic mass is 79.9. The number of hydrogen-bond acceptors (Lipinski definition) is 5. The van der Waals surface area contributed by atoms with Gasteiger partial charge in [0.1, 0.15) is 5.82 Å². The summed E-state index contributed by atoms with van der Waals surface area (Å²) in [6.45, 7) is 3.46. The number of benzene rings is 1. The number of nitrogens with zero attached hydrogens (tertiary/aromatic N) is 5. The maximum Gasteiger partial charge on any atom is 0.171 e. The van der Waals surface area contributed by atoms with Crippen LogP contribution in [0.1, 0.15) is 35.6 Å². The van der Waals surface area contributed by atoms with Gasteiger partial charge in [-0.3, -0.25) is 9.88 Å². The number of rotatable bonds is 6. The second-order valence-electron chi connectivity index (χ2n) is 8.36. The first-order valence-electron chi connectivity index (χ1n) is 10.9. The molecule has 0 radical (unpaired) electrons. The van der Waals surface area contributed by atoms with Gasteiger partial charge in [-0.1, -0.05) is 29.3 Å². The molecular formula is C24H23BrCl2N6. The van der Waals surface area contributed by atoms with Crippen LogP contribution >= 0.6 is 39.1 Å². The molecule has 170 valence electrons. The van der Waals surface area contributed by atoms with Crippen LogP contribution in [-0.2, 0) is 13.1 Å². The lowest BCUT2D eigenvalue weighted by molar-refractivity contribution is 0.198. The zero-order valence-corrected chi connectivity index (χ0v) is 21.0. The minimum absolute atomic E-state index is 0.333. The van der Waals surface area contributed by atoms with Gasteiger partial charge in [-0.15, -0.1) is 0 Å². The van der Waals surface area contributed by atoms with Crippen molar-refractivity contribution in [3.05, 3.63) is 86.3 Å². The van der Waals surface area contributed by atoms with Crippen molar-refractivity contribution in [2.24, 2.45) is 0 Å². The summed E-state index contributed by atoms with van der Waals surface area (Å²) in [4.78, 5) is 11.6. The first-order chi connectivity index (χ1) is 16.0. The number of nitrogens with one attached hydrogen (secondary N) is 1. The zero-order valence-electron chi connectivity index (χ0n) is 17.9. The molecule has 0 bridgehead atoms. The molecule has 1 aliphatic heterocycles. The van der Waals surface area contributed by atoms with Crippen molar-refractivity contribution in [2.45, 2.75) is 31.8 Å². The SMILES string of the molecule is Clc1cc(Cl)cc(CN2CCCC(c3cc(NCc4cccnc4)n4ncc(Br)c4n3)C2)c1. The van der Waals surface area contributed by atoms with Crippen LogP contribution in [0.3, 0.4) is 0 Å². The van der Waals surface area contributed by atoms with Crippen molar-refractivity contribution >= 4 is 50.6 Å². The summed E-state index contributed by atoms with van der Waals surface area (Å²) in [7, 11) is 0. The van der Waals surface area contributed by atoms with Crippen LogP contribution in [0, 0.1) is 0 Å². The summed E-state index contributed by atoms with van der Waals surface area (Å²) in [5.41, 5.74) is 4.14. The van der Waals surface area contributed by atoms with Gasteiger partial charge >= 0.3 is 0 Å². The maximum absolute atomic E-state index is 6.21. The topological polar surface area (TPSA) is 58.4 Å². The molecule has 0 spiro atoms. The molecule has 0 saturated carbocycles. The van der Waals surface area contributed by atoms with Crippen LogP contribution < -0.4 is 5.32 Å². The van der Waals surface area contributed by atoms with Crippen LogP contribution in [0.5, 0.6) is 0 Å². The van der Waals surface area contributed by atoms with E-state index in [4.69, 9.17) is 28.2 Å². The Hall–Kier alpha value is -2.19. The average molecular weight is 546 g/mol. The Labute approximate surface area is 211 Å². The van der Waals surface area contributed by atoms with Crippen molar-refractivity contribution < 1.29 is 0 Å². The third-order valence-corrected chi connectivity index (χ3v) is 6.89. The summed E-state index contributed by atoms with van der Waals surface area (Å²) in [6, 6.07) is 11.9. The van der Waals surface area contributed by atoms with E-state index in [9.17, 15) is 0 Å². The second-order valence-corrected chi connectivity index (χ2v) is 10.1. The molecule has 0 aliphatic carbocycles. The summed E-state index contributed by atoms with van der Waals surface area (Å²) in [5, 5.41) is 9.36. The lowest BCUT2D eigenvalue weighted by Crippen LogP contribution is -2.34. The predicted octanol–water partition coefficient (Wildman–Crippen LogP) is 6.19. The van der Waals surface area contributed by atoms with Gasteiger partial charge in [0.2, 0.25) is 0 Å². The van der Waals surface area contributed by atoms with E-state index in [0.717, 1.165) is 65.2 Å². The monoisotopic (exact) mass is 544 g/mol. The number of halogens is 3. The van der Waals surface area contributed by atoms with E-state index in [2.05, 4.69) is 48.4 Å². The standard InChI is InChI=1S/C24H23BrCl2N6/c25-21-13-30-33-23(29-12-16-3-1-5-28-11-16)10-22(31-24(21)33)18-4-2-6-32(15-18)14-17-7-19(26)9-20(27)8-17/h1,3,5,7-11,13,18,29H,2,4,6,12,14-15H2. The van der Waals surface area contributed by atoms with Crippen LogP contribution in [0.25, 0.3) is 5.65 Å². The Morgan fingerprint density at radius 2 is 1.94 bits per heavy atom. The summed E-state index contributed by atoms with van der Waals surface area (Å²) < 4.78 is 2.73. The highest BCUT2D eigenvalue weighted by Gasteiger charge is 2.24. The lowest BCUT2D eigenvalue weighted by atomic mass is 9.94. The van der Waals surface area contributed by atoms with Gasteiger partial charge in [0.25, 0.3) is 0 Å². The molecule has 6 nitrogen and oxygen atoms in total. The molecule has 0 amide bonds.